The minimum atomic E-state index is -4.18. The predicted octanol–water partition coefficient (Wildman–Crippen LogP) is 2.52. The van der Waals surface area contributed by atoms with E-state index in [9.17, 15) is 18.0 Å². The molecule has 2 amide bonds. The second-order valence-electron chi connectivity index (χ2n) is 7.36. The van der Waals surface area contributed by atoms with E-state index >= 15 is 0 Å². The Morgan fingerprint density at radius 2 is 1.97 bits per heavy atom. The summed E-state index contributed by atoms with van der Waals surface area (Å²) in [6.45, 7) is 4.12. The number of hydrogen-bond donors (Lipinski definition) is 4. The number of halogens is 3. The minimum absolute atomic E-state index is 0.0538. The number of anilines is 1. The van der Waals surface area contributed by atoms with Crippen LogP contribution in [0.4, 0.5) is 23.7 Å². The van der Waals surface area contributed by atoms with Gasteiger partial charge in [0, 0.05) is 44.5 Å². The molecule has 1 aromatic carbocycles. The predicted molar refractivity (Wildman–Crippen MR) is 108 cm³/mol. The zero-order valence-electron chi connectivity index (χ0n) is 16.9. The zero-order valence-corrected chi connectivity index (χ0v) is 16.9. The van der Waals surface area contributed by atoms with Crippen LogP contribution < -0.4 is 21.3 Å². The third-order valence-corrected chi connectivity index (χ3v) is 4.33. The van der Waals surface area contributed by atoms with Crippen molar-refractivity contribution in [1.29, 1.82) is 0 Å². The Labute approximate surface area is 169 Å². The smallest absolute Gasteiger partial charge is 0.352 e. The lowest BCUT2D eigenvalue weighted by Gasteiger charge is -2.20. The van der Waals surface area contributed by atoms with Crippen molar-refractivity contribution in [1.82, 2.24) is 20.9 Å². The van der Waals surface area contributed by atoms with E-state index in [2.05, 4.69) is 26.3 Å². The number of hydrogen-bond acceptors (Lipinski definition) is 3. The van der Waals surface area contributed by atoms with E-state index in [1.807, 2.05) is 26.0 Å². The van der Waals surface area contributed by atoms with E-state index in [4.69, 9.17) is 0 Å². The molecule has 0 bridgehead atoms. The van der Waals surface area contributed by atoms with E-state index in [-0.39, 0.29) is 18.1 Å². The summed E-state index contributed by atoms with van der Waals surface area (Å²) in [6.07, 6.45) is -3.54. The third-order valence-electron chi connectivity index (χ3n) is 4.33. The summed E-state index contributed by atoms with van der Waals surface area (Å²) in [4.78, 5) is 17.2. The van der Waals surface area contributed by atoms with Crippen molar-refractivity contribution in [2.45, 2.75) is 45.1 Å². The van der Waals surface area contributed by atoms with Gasteiger partial charge in [0.1, 0.15) is 0 Å². The molecule has 0 radical (unpaired) electrons. The monoisotopic (exact) mass is 414 g/mol. The van der Waals surface area contributed by atoms with Crippen LogP contribution in [0.15, 0.2) is 29.3 Å². The largest absolute Gasteiger partial charge is 0.401 e. The topological polar surface area (TPSA) is 80.8 Å². The molecule has 0 aliphatic carbocycles. The molecule has 10 heteroatoms. The normalized spacial score (nSPS) is 18.0. The fourth-order valence-corrected chi connectivity index (χ4v) is 3.06. The van der Waals surface area contributed by atoms with Crippen LogP contribution >= 0.6 is 0 Å². The average Bonchev–Trinajstić information content (AvgIpc) is 3.04. The second kappa shape index (κ2) is 10.3. The van der Waals surface area contributed by atoms with Gasteiger partial charge in [-0.25, -0.2) is 4.79 Å². The van der Waals surface area contributed by atoms with E-state index < -0.39 is 12.7 Å². The second-order valence-corrected chi connectivity index (χ2v) is 7.36. The first-order chi connectivity index (χ1) is 13.6. The van der Waals surface area contributed by atoms with E-state index in [0.29, 0.717) is 37.7 Å². The van der Waals surface area contributed by atoms with Crippen molar-refractivity contribution in [3.63, 3.8) is 0 Å². The summed E-state index contributed by atoms with van der Waals surface area (Å²) < 4.78 is 37.5. The van der Waals surface area contributed by atoms with Gasteiger partial charge in [-0.3, -0.25) is 9.89 Å². The maximum absolute atomic E-state index is 12.5. The number of rotatable bonds is 6. The lowest BCUT2D eigenvalue weighted by atomic mass is 10.2. The molecule has 0 aromatic heterocycles. The Balaban J connectivity index is 1.77. The number of alkyl halides is 3. The molecule has 1 unspecified atom stereocenters. The van der Waals surface area contributed by atoms with E-state index in [1.165, 1.54) is 4.90 Å². The number of nitrogens with one attached hydrogen (secondary N) is 4. The number of guanidine groups is 1. The lowest BCUT2D eigenvalue weighted by Crippen LogP contribution is -2.44. The summed E-state index contributed by atoms with van der Waals surface area (Å²) in [6, 6.07) is 7.09. The highest BCUT2D eigenvalue weighted by Crippen LogP contribution is 2.20. The number of carbonyl (C=O) groups excluding carboxylic acids is 1. The number of carbonyl (C=O) groups is 1. The molecule has 1 heterocycles. The van der Waals surface area contributed by atoms with Gasteiger partial charge in [0.15, 0.2) is 5.96 Å². The van der Waals surface area contributed by atoms with Crippen molar-refractivity contribution in [2.24, 2.45) is 4.99 Å². The third kappa shape index (κ3) is 8.59. The highest BCUT2D eigenvalue weighted by Gasteiger charge is 2.34. The summed E-state index contributed by atoms with van der Waals surface area (Å²) >= 11 is 0. The first kappa shape index (κ1) is 22.8. The Hall–Kier alpha value is -2.49. The van der Waals surface area contributed by atoms with Gasteiger partial charge in [-0.1, -0.05) is 12.1 Å². The molecule has 0 saturated carbocycles. The SMILES string of the molecule is CN=C(NCc1ccc(NC(=O)NC(C)C)cc1)NC1CCN(CC(F)(F)F)C1. The Morgan fingerprint density at radius 3 is 2.55 bits per heavy atom. The van der Waals surface area contributed by atoms with E-state index in [1.54, 1.807) is 19.2 Å². The maximum atomic E-state index is 12.5. The lowest BCUT2D eigenvalue weighted by molar-refractivity contribution is -0.143. The zero-order chi connectivity index (χ0) is 21.4. The molecule has 162 valence electrons. The summed E-state index contributed by atoms with van der Waals surface area (Å²) in [7, 11) is 1.62. The van der Waals surface area contributed by atoms with Crippen LogP contribution in [0.25, 0.3) is 0 Å². The Kier molecular flexibility index (Phi) is 8.12. The summed E-state index contributed by atoms with van der Waals surface area (Å²) in [5, 5.41) is 11.8. The highest BCUT2D eigenvalue weighted by atomic mass is 19.4. The first-order valence-corrected chi connectivity index (χ1v) is 9.57. The molecule has 1 aliphatic rings. The number of urea groups is 1. The number of amides is 2. The number of benzene rings is 1. The van der Waals surface area contributed by atoms with Gasteiger partial charge in [0.25, 0.3) is 0 Å². The van der Waals surface area contributed by atoms with Crippen molar-refractivity contribution < 1.29 is 18.0 Å². The van der Waals surface area contributed by atoms with Gasteiger partial charge in [-0.2, -0.15) is 13.2 Å². The van der Waals surface area contributed by atoms with Crippen LogP contribution in [0.3, 0.4) is 0 Å². The number of aliphatic imine (C=N–C) groups is 1. The molecule has 1 atom stereocenters. The van der Waals surface area contributed by atoms with Gasteiger partial charge in [0.2, 0.25) is 0 Å². The fourth-order valence-electron chi connectivity index (χ4n) is 3.06. The molecule has 1 aromatic rings. The minimum Gasteiger partial charge on any atom is -0.352 e. The highest BCUT2D eigenvalue weighted by molar-refractivity contribution is 5.89. The van der Waals surface area contributed by atoms with Gasteiger partial charge >= 0.3 is 12.2 Å². The van der Waals surface area contributed by atoms with Crippen LogP contribution in [0.1, 0.15) is 25.8 Å². The Morgan fingerprint density at radius 1 is 1.28 bits per heavy atom. The van der Waals surface area contributed by atoms with Crippen LogP contribution in [-0.2, 0) is 6.54 Å². The maximum Gasteiger partial charge on any atom is 0.401 e. The van der Waals surface area contributed by atoms with Crippen LogP contribution in [0.2, 0.25) is 0 Å². The molecule has 4 N–H and O–H groups in total. The molecule has 1 saturated heterocycles. The van der Waals surface area contributed by atoms with Crippen LogP contribution in [0.5, 0.6) is 0 Å². The van der Waals surface area contributed by atoms with Crippen molar-refractivity contribution >= 4 is 17.7 Å². The molecular weight excluding hydrogens is 385 g/mol. The molecular formula is C19H29F3N6O. The van der Waals surface area contributed by atoms with Crippen molar-refractivity contribution in [3.8, 4) is 0 Å². The van der Waals surface area contributed by atoms with Crippen molar-refractivity contribution in [2.75, 3.05) is 32.0 Å². The van der Waals surface area contributed by atoms with E-state index in [0.717, 1.165) is 5.56 Å². The molecule has 1 aliphatic heterocycles. The van der Waals surface area contributed by atoms with Gasteiger partial charge in [-0.05, 0) is 38.0 Å². The average molecular weight is 414 g/mol. The fraction of sp³-hybridized carbons (Fsp3) is 0.579. The number of likely N-dealkylation sites (tertiary alicyclic amines) is 1. The summed E-state index contributed by atoms with van der Waals surface area (Å²) in [5.74, 6) is 0.544. The molecule has 7 nitrogen and oxygen atoms in total. The van der Waals surface area contributed by atoms with Gasteiger partial charge in [0.05, 0.1) is 6.54 Å². The van der Waals surface area contributed by atoms with Gasteiger partial charge in [-0.15, -0.1) is 0 Å². The molecule has 1 fully saturated rings. The van der Waals surface area contributed by atoms with Crippen LogP contribution in [0, 0.1) is 0 Å². The number of nitrogens with zero attached hydrogens (tertiary/aromatic N) is 2. The quantitative estimate of drug-likeness (QED) is 0.426. The Bertz CT molecular complexity index is 690. The summed E-state index contributed by atoms with van der Waals surface area (Å²) in [5.41, 5.74) is 1.66. The molecule has 29 heavy (non-hydrogen) atoms. The van der Waals surface area contributed by atoms with Crippen LogP contribution in [-0.4, -0.2) is 61.8 Å². The standard InChI is InChI=1S/C19H29F3N6O/c1-13(2)25-18(29)27-15-6-4-14(5-7-15)10-24-17(23-3)26-16-8-9-28(11-16)12-19(20,21)22/h4-7,13,16H,8-12H2,1-3H3,(H2,23,24,26)(H2,25,27,29). The van der Waals surface area contributed by atoms with Crippen molar-refractivity contribution in [3.05, 3.63) is 29.8 Å². The first-order valence-electron chi connectivity index (χ1n) is 9.57. The molecule has 0 spiro atoms. The van der Waals surface area contributed by atoms with Gasteiger partial charge < -0.3 is 21.3 Å². The molecule has 2 rings (SSSR count).